The Morgan fingerprint density at radius 1 is 1.29 bits per heavy atom. The number of hydrogen-bond acceptors (Lipinski definition) is 4. The summed E-state index contributed by atoms with van der Waals surface area (Å²) in [5.74, 6) is -1.43. The van der Waals surface area contributed by atoms with Gasteiger partial charge in [0.1, 0.15) is 13.2 Å². The van der Waals surface area contributed by atoms with Crippen molar-refractivity contribution in [1.29, 1.82) is 0 Å². The van der Waals surface area contributed by atoms with Gasteiger partial charge in [0.05, 0.1) is 5.92 Å². The van der Waals surface area contributed by atoms with Crippen LogP contribution in [0.3, 0.4) is 0 Å². The summed E-state index contributed by atoms with van der Waals surface area (Å²) < 4.78 is 20.7. The van der Waals surface area contributed by atoms with Crippen LogP contribution in [0.4, 0.5) is 4.39 Å². The van der Waals surface area contributed by atoms with Gasteiger partial charge in [0, 0.05) is 0 Å². The predicted molar refractivity (Wildman–Crippen MR) is 47.3 cm³/mol. The summed E-state index contributed by atoms with van der Waals surface area (Å²) in [6, 6.07) is 0. The molecule has 4 nitrogen and oxygen atoms in total. The Kier molecular flexibility index (Phi) is 6.70. The van der Waals surface area contributed by atoms with Gasteiger partial charge in [-0.05, 0) is 6.42 Å². The average Bonchev–Trinajstić information content (AvgIpc) is 2.22. The van der Waals surface area contributed by atoms with Crippen LogP contribution in [0.2, 0.25) is 0 Å². The number of alkyl halides is 1. The van der Waals surface area contributed by atoms with E-state index >= 15 is 0 Å². The number of carbonyl (C=O) groups is 2. The summed E-state index contributed by atoms with van der Waals surface area (Å²) in [6.45, 7) is 2.35. The van der Waals surface area contributed by atoms with Gasteiger partial charge in [-0.3, -0.25) is 4.79 Å². The lowest BCUT2D eigenvalue weighted by Crippen LogP contribution is -2.18. The van der Waals surface area contributed by atoms with Crippen LogP contribution in [0.5, 0.6) is 0 Å². The molecule has 82 valence electrons. The first-order valence-corrected chi connectivity index (χ1v) is 4.50. The van der Waals surface area contributed by atoms with Crippen molar-refractivity contribution in [3.05, 3.63) is 0 Å². The molecule has 0 heterocycles. The second kappa shape index (κ2) is 7.29. The monoisotopic (exact) mass is 206 g/mol. The van der Waals surface area contributed by atoms with E-state index in [0.717, 1.165) is 0 Å². The molecule has 0 aliphatic rings. The number of halogens is 1. The minimum Gasteiger partial charge on any atom is -0.462 e. The quantitative estimate of drug-likeness (QED) is 0.482. The summed E-state index contributed by atoms with van der Waals surface area (Å²) >= 11 is 0. The topological polar surface area (TPSA) is 52.6 Å². The number of hydrogen-bond donors (Lipinski definition) is 0. The third-order valence-corrected chi connectivity index (χ3v) is 1.71. The highest BCUT2D eigenvalue weighted by atomic mass is 19.1. The van der Waals surface area contributed by atoms with E-state index in [9.17, 15) is 14.0 Å². The van der Waals surface area contributed by atoms with Crippen LogP contribution >= 0.6 is 0 Å². The molecule has 1 unspecified atom stereocenters. The lowest BCUT2D eigenvalue weighted by molar-refractivity contribution is -0.155. The maximum absolute atomic E-state index is 11.6. The SMILES string of the molecule is CCC(C)C(=O)OCCOC(=O)CF. The lowest BCUT2D eigenvalue weighted by Gasteiger charge is -2.08. The van der Waals surface area contributed by atoms with Crippen LogP contribution in [0, 0.1) is 5.92 Å². The number of carbonyl (C=O) groups excluding carboxylic acids is 2. The van der Waals surface area contributed by atoms with Crippen molar-refractivity contribution in [3.63, 3.8) is 0 Å². The molecule has 14 heavy (non-hydrogen) atoms. The molecule has 0 bridgehead atoms. The average molecular weight is 206 g/mol. The molecular formula is C9H15FO4. The van der Waals surface area contributed by atoms with Crippen LogP contribution in [-0.2, 0) is 19.1 Å². The van der Waals surface area contributed by atoms with Crippen LogP contribution < -0.4 is 0 Å². The largest absolute Gasteiger partial charge is 0.462 e. The Bertz CT molecular complexity index is 193. The first-order valence-electron chi connectivity index (χ1n) is 4.50. The molecule has 0 amide bonds. The van der Waals surface area contributed by atoms with Gasteiger partial charge in [0.15, 0.2) is 6.67 Å². The second-order valence-electron chi connectivity index (χ2n) is 2.83. The van der Waals surface area contributed by atoms with E-state index < -0.39 is 12.6 Å². The zero-order valence-electron chi connectivity index (χ0n) is 8.42. The number of rotatable bonds is 6. The molecule has 5 heteroatoms. The fourth-order valence-electron chi connectivity index (χ4n) is 0.645. The zero-order chi connectivity index (χ0) is 11.0. The minimum atomic E-state index is -1.15. The Morgan fingerprint density at radius 3 is 2.36 bits per heavy atom. The van der Waals surface area contributed by atoms with Crippen molar-refractivity contribution < 1.29 is 23.5 Å². The first kappa shape index (κ1) is 12.9. The molecule has 0 aromatic rings. The van der Waals surface area contributed by atoms with Crippen LogP contribution in [-0.4, -0.2) is 31.8 Å². The zero-order valence-corrected chi connectivity index (χ0v) is 8.42. The highest BCUT2D eigenvalue weighted by Gasteiger charge is 2.11. The number of ether oxygens (including phenoxy) is 2. The molecule has 0 aromatic heterocycles. The van der Waals surface area contributed by atoms with E-state index in [0.29, 0.717) is 6.42 Å². The van der Waals surface area contributed by atoms with Crippen LogP contribution in [0.15, 0.2) is 0 Å². The van der Waals surface area contributed by atoms with Gasteiger partial charge in [-0.25, -0.2) is 9.18 Å². The highest BCUT2D eigenvalue weighted by Crippen LogP contribution is 2.02. The molecule has 0 aliphatic heterocycles. The van der Waals surface area contributed by atoms with Crippen molar-refractivity contribution in [2.45, 2.75) is 20.3 Å². The van der Waals surface area contributed by atoms with Crippen molar-refractivity contribution in [2.75, 3.05) is 19.9 Å². The van der Waals surface area contributed by atoms with Crippen molar-refractivity contribution in [2.24, 2.45) is 5.92 Å². The van der Waals surface area contributed by atoms with Crippen molar-refractivity contribution in [1.82, 2.24) is 0 Å². The summed E-state index contributed by atoms with van der Waals surface area (Å²) in [4.78, 5) is 21.4. The van der Waals surface area contributed by atoms with Gasteiger partial charge < -0.3 is 9.47 Å². The summed E-state index contributed by atoms with van der Waals surface area (Å²) in [6.07, 6.45) is 0.698. The van der Waals surface area contributed by atoms with Gasteiger partial charge in [-0.1, -0.05) is 13.8 Å². The van der Waals surface area contributed by atoms with Gasteiger partial charge in [-0.15, -0.1) is 0 Å². The van der Waals surface area contributed by atoms with E-state index in [4.69, 9.17) is 4.74 Å². The summed E-state index contributed by atoms with van der Waals surface area (Å²) in [5, 5.41) is 0. The predicted octanol–water partition coefficient (Wildman–Crippen LogP) is 1.09. The van der Waals surface area contributed by atoms with Crippen molar-refractivity contribution >= 4 is 11.9 Å². The van der Waals surface area contributed by atoms with Gasteiger partial charge in [0.25, 0.3) is 0 Å². The second-order valence-corrected chi connectivity index (χ2v) is 2.83. The van der Waals surface area contributed by atoms with Gasteiger partial charge in [0.2, 0.25) is 0 Å². The van der Waals surface area contributed by atoms with Gasteiger partial charge >= 0.3 is 11.9 Å². The summed E-state index contributed by atoms with van der Waals surface area (Å²) in [5.41, 5.74) is 0. The van der Waals surface area contributed by atoms with Crippen molar-refractivity contribution in [3.8, 4) is 0 Å². The maximum Gasteiger partial charge on any atom is 0.337 e. The molecule has 0 saturated carbocycles. The van der Waals surface area contributed by atoms with E-state index in [1.807, 2.05) is 6.92 Å². The number of esters is 2. The summed E-state index contributed by atoms with van der Waals surface area (Å²) in [7, 11) is 0. The smallest absolute Gasteiger partial charge is 0.337 e. The molecule has 1 atom stereocenters. The van der Waals surface area contributed by atoms with Crippen LogP contribution in [0.1, 0.15) is 20.3 Å². The molecule has 0 fully saturated rings. The van der Waals surface area contributed by atoms with E-state index in [1.165, 1.54) is 0 Å². The van der Waals surface area contributed by atoms with E-state index in [2.05, 4.69) is 4.74 Å². The molecule has 0 radical (unpaired) electrons. The standard InChI is InChI=1S/C9H15FO4/c1-3-7(2)9(12)14-5-4-13-8(11)6-10/h7H,3-6H2,1-2H3. The molecular weight excluding hydrogens is 191 g/mol. The molecule has 0 rings (SSSR count). The Morgan fingerprint density at radius 2 is 1.86 bits per heavy atom. The van der Waals surface area contributed by atoms with E-state index in [-0.39, 0.29) is 25.1 Å². The third kappa shape index (κ3) is 5.50. The maximum atomic E-state index is 11.6. The Labute approximate surface area is 82.4 Å². The highest BCUT2D eigenvalue weighted by molar-refractivity contribution is 5.72. The van der Waals surface area contributed by atoms with E-state index in [1.54, 1.807) is 6.92 Å². The minimum absolute atomic E-state index is 0.0189. The lowest BCUT2D eigenvalue weighted by atomic mass is 10.1. The molecule has 0 aromatic carbocycles. The molecule has 0 spiro atoms. The Hall–Kier alpha value is -1.13. The molecule has 0 aliphatic carbocycles. The normalized spacial score (nSPS) is 11.9. The van der Waals surface area contributed by atoms with Gasteiger partial charge in [-0.2, -0.15) is 0 Å². The fraction of sp³-hybridized carbons (Fsp3) is 0.778. The Balaban J connectivity index is 3.45. The first-order chi connectivity index (χ1) is 6.61. The molecule has 0 saturated heterocycles. The fourth-order valence-corrected chi connectivity index (χ4v) is 0.645. The van der Waals surface area contributed by atoms with Crippen LogP contribution in [0.25, 0.3) is 0 Å². The third-order valence-electron chi connectivity index (χ3n) is 1.71. The molecule has 0 N–H and O–H groups in total.